The van der Waals surface area contributed by atoms with E-state index in [0.29, 0.717) is 50.7 Å². The number of aromatic nitrogens is 1. The lowest BCUT2D eigenvalue weighted by Gasteiger charge is -2.41. The second-order valence-corrected chi connectivity index (χ2v) is 27.6. The fourth-order valence-corrected chi connectivity index (χ4v) is 9.55. The third kappa shape index (κ3) is 26.3. The average Bonchev–Trinajstić information content (AvgIpc) is 3.84. The molecule has 1 aromatic heterocycles. The van der Waals surface area contributed by atoms with Crippen LogP contribution >= 0.6 is 11.8 Å². The first kappa shape index (κ1) is 66.1. The van der Waals surface area contributed by atoms with E-state index in [4.69, 9.17) is 28.4 Å². The SMILES string of the molecule is CC(C)(C)[C@H](c1cc(-c2cc(F)ccc2F)cn1Cc1ccccc1)N(CCCNC(=O)OCC[Si](C)(C)C)C(=O)CSC[C@H](NC(=O)CCOCCOCCOCCOCCNC(=O)CNC(=O)OCc1ccccc1)C(=O)O. The van der Waals surface area contributed by atoms with Gasteiger partial charge in [-0.1, -0.05) is 101 Å². The molecular formula is C57H80F2N6O13SSi. The maximum atomic E-state index is 15.4. The second-order valence-electron chi connectivity index (χ2n) is 20.9. The summed E-state index contributed by atoms with van der Waals surface area (Å²) >= 11 is 1.05. The Balaban J connectivity index is 1.22. The first-order valence-electron chi connectivity index (χ1n) is 26.7. The molecule has 2 atom stereocenters. The molecule has 440 valence electrons. The minimum absolute atomic E-state index is 0.00697. The smallest absolute Gasteiger partial charge is 0.407 e. The van der Waals surface area contributed by atoms with Gasteiger partial charge in [-0.3, -0.25) is 14.4 Å². The monoisotopic (exact) mass is 1150 g/mol. The molecule has 0 bridgehead atoms. The predicted molar refractivity (Wildman–Crippen MR) is 304 cm³/mol. The zero-order valence-corrected chi connectivity index (χ0v) is 48.7. The van der Waals surface area contributed by atoms with Crippen LogP contribution < -0.4 is 21.3 Å². The largest absolute Gasteiger partial charge is 0.480 e. The molecule has 0 aliphatic heterocycles. The third-order valence-corrected chi connectivity index (χ3v) is 14.7. The summed E-state index contributed by atoms with van der Waals surface area (Å²) in [7, 11) is -1.44. The van der Waals surface area contributed by atoms with Crippen LogP contribution in [0.25, 0.3) is 11.1 Å². The number of rotatable bonds is 37. The molecule has 0 spiro atoms. The number of thioether (sulfide) groups is 1. The van der Waals surface area contributed by atoms with Gasteiger partial charge >= 0.3 is 18.2 Å². The van der Waals surface area contributed by atoms with E-state index in [1.54, 1.807) is 17.2 Å². The quantitative estimate of drug-likeness (QED) is 0.0216. The van der Waals surface area contributed by atoms with Gasteiger partial charge in [0, 0.05) is 69.4 Å². The van der Waals surface area contributed by atoms with Gasteiger partial charge in [0.05, 0.1) is 77.8 Å². The summed E-state index contributed by atoms with van der Waals surface area (Å²) in [6.45, 7) is 15.4. The molecule has 3 aromatic carbocycles. The molecule has 80 heavy (non-hydrogen) atoms. The van der Waals surface area contributed by atoms with Crippen molar-refractivity contribution in [3.63, 3.8) is 0 Å². The summed E-state index contributed by atoms with van der Waals surface area (Å²) in [5.74, 6) is -4.07. The van der Waals surface area contributed by atoms with Crippen molar-refractivity contribution in [2.45, 2.75) is 84.5 Å². The summed E-state index contributed by atoms with van der Waals surface area (Å²) in [5.41, 5.74) is 2.24. The molecule has 0 aliphatic rings. The van der Waals surface area contributed by atoms with Crippen LogP contribution in [0.1, 0.15) is 56.5 Å². The zero-order valence-electron chi connectivity index (χ0n) is 46.9. The predicted octanol–water partition coefficient (Wildman–Crippen LogP) is 7.65. The van der Waals surface area contributed by atoms with E-state index in [9.17, 15) is 38.3 Å². The van der Waals surface area contributed by atoms with Gasteiger partial charge in [-0.2, -0.15) is 0 Å². The number of hydrogen-bond acceptors (Lipinski definition) is 13. The Morgan fingerprint density at radius 2 is 1.32 bits per heavy atom. The number of ether oxygens (including phenoxy) is 6. The minimum Gasteiger partial charge on any atom is -0.480 e. The highest BCUT2D eigenvalue weighted by atomic mass is 32.2. The van der Waals surface area contributed by atoms with Crippen LogP contribution in [-0.4, -0.2) is 162 Å². The lowest BCUT2D eigenvalue weighted by molar-refractivity contribution is -0.141. The third-order valence-electron chi connectivity index (χ3n) is 11.9. The summed E-state index contributed by atoms with van der Waals surface area (Å²) in [5, 5.41) is 20.4. The summed E-state index contributed by atoms with van der Waals surface area (Å²) in [4.78, 5) is 77.9. The Morgan fingerprint density at radius 1 is 0.713 bits per heavy atom. The van der Waals surface area contributed by atoms with Crippen LogP contribution in [-0.2, 0) is 60.8 Å². The molecule has 0 unspecified atom stereocenters. The highest BCUT2D eigenvalue weighted by molar-refractivity contribution is 8.00. The van der Waals surface area contributed by atoms with E-state index in [1.807, 2.05) is 86.0 Å². The van der Waals surface area contributed by atoms with E-state index in [1.165, 1.54) is 0 Å². The summed E-state index contributed by atoms with van der Waals surface area (Å²) in [6.07, 6.45) is 0.703. The number of halogens is 2. The number of carboxylic acids is 1. The number of nitrogens with zero attached hydrogens (tertiary/aromatic N) is 2. The van der Waals surface area contributed by atoms with Crippen molar-refractivity contribution >= 4 is 55.7 Å². The number of nitrogens with one attached hydrogen (secondary N) is 4. The van der Waals surface area contributed by atoms with Crippen molar-refractivity contribution in [3.8, 4) is 11.1 Å². The molecule has 0 fully saturated rings. The Kier molecular flexibility index (Phi) is 29.2. The molecular weight excluding hydrogens is 1070 g/mol. The summed E-state index contributed by atoms with van der Waals surface area (Å²) < 4.78 is 64.3. The van der Waals surface area contributed by atoms with Crippen LogP contribution in [0, 0.1) is 17.0 Å². The fourth-order valence-electron chi connectivity index (χ4n) is 7.92. The van der Waals surface area contributed by atoms with Crippen molar-refractivity contribution in [1.29, 1.82) is 0 Å². The molecule has 23 heteroatoms. The van der Waals surface area contributed by atoms with Crippen molar-refractivity contribution in [1.82, 2.24) is 30.7 Å². The van der Waals surface area contributed by atoms with Gasteiger partial charge < -0.3 is 64.3 Å². The number of amides is 5. The maximum Gasteiger partial charge on any atom is 0.407 e. The van der Waals surface area contributed by atoms with Crippen molar-refractivity contribution in [2.24, 2.45) is 5.41 Å². The van der Waals surface area contributed by atoms with E-state index >= 15 is 4.39 Å². The van der Waals surface area contributed by atoms with E-state index in [2.05, 4.69) is 40.9 Å². The highest BCUT2D eigenvalue weighted by Gasteiger charge is 2.37. The van der Waals surface area contributed by atoms with Gasteiger partial charge in [0.1, 0.15) is 24.3 Å². The highest BCUT2D eigenvalue weighted by Crippen LogP contribution is 2.41. The van der Waals surface area contributed by atoms with E-state index in [-0.39, 0.29) is 101 Å². The number of hydrogen-bond donors (Lipinski definition) is 5. The Bertz CT molecular complexity index is 2540. The topological polar surface area (TPSA) is 234 Å². The van der Waals surface area contributed by atoms with Crippen molar-refractivity contribution in [2.75, 3.05) is 97.1 Å². The standard InChI is InChI=1S/C57H80F2N6O13SSi/c1-57(2,3)53(49-34-44(46-35-45(58)18-19-47(46)59)38-64(49)37-42-14-9-7-10-15-42)65(23-13-21-61-55(71)77-32-33-80(4,5)6)52(68)41-79-40-48(54(69)70)63-50(66)20-24-73-26-28-75-30-31-76-29-27-74-25-22-60-51(67)36-62-56(72)78-39-43-16-11-8-12-17-43/h7-12,14-19,34-35,38,48,53H,13,20-33,36-37,39-41H2,1-6H3,(H,60,67)(H,61,71)(H,62,72)(H,63,66)(H,69,70)/t48-,53-/m0/s1. The van der Waals surface area contributed by atoms with Gasteiger partial charge in [-0.15, -0.1) is 11.8 Å². The fraction of sp³-hybridized carbons (Fsp3) is 0.509. The number of carbonyl (C=O) groups is 6. The van der Waals surface area contributed by atoms with E-state index < -0.39 is 61.3 Å². The first-order valence-corrected chi connectivity index (χ1v) is 31.6. The summed E-state index contributed by atoms with van der Waals surface area (Å²) in [6, 6.07) is 22.6. The van der Waals surface area contributed by atoms with Crippen LogP contribution in [0.2, 0.25) is 25.7 Å². The number of aliphatic carboxylic acids is 1. The Morgan fingerprint density at radius 3 is 1.95 bits per heavy atom. The van der Waals surface area contributed by atoms with Gasteiger partial charge in [-0.05, 0) is 53.3 Å². The van der Waals surface area contributed by atoms with Crippen LogP contribution in [0.15, 0.2) is 91.1 Å². The average molecular weight is 1160 g/mol. The normalized spacial score (nSPS) is 12.2. The van der Waals surface area contributed by atoms with Gasteiger partial charge in [0.2, 0.25) is 17.7 Å². The number of benzene rings is 3. The zero-order chi connectivity index (χ0) is 58.3. The number of carboxylic acid groups (broad SMARTS) is 1. The molecule has 0 aliphatic carbocycles. The van der Waals surface area contributed by atoms with E-state index in [0.717, 1.165) is 47.1 Å². The molecule has 5 N–H and O–H groups in total. The molecule has 4 rings (SSSR count). The number of carbonyl (C=O) groups excluding carboxylic acids is 5. The van der Waals surface area contributed by atoms with Crippen molar-refractivity contribution < 1.29 is 71.1 Å². The van der Waals surface area contributed by atoms with Gasteiger partial charge in [-0.25, -0.2) is 23.2 Å². The lowest BCUT2D eigenvalue weighted by Crippen LogP contribution is -2.45. The molecule has 0 saturated heterocycles. The van der Waals surface area contributed by atoms with Crippen LogP contribution in [0.5, 0.6) is 0 Å². The van der Waals surface area contributed by atoms with Gasteiger partial charge in [0.25, 0.3) is 0 Å². The molecule has 5 amide bonds. The minimum atomic E-state index is -1.44. The van der Waals surface area contributed by atoms with Crippen molar-refractivity contribution in [3.05, 3.63) is 120 Å². The molecule has 4 aromatic rings. The molecule has 19 nitrogen and oxygen atoms in total. The first-order chi connectivity index (χ1) is 38.2. The maximum absolute atomic E-state index is 15.4. The lowest BCUT2D eigenvalue weighted by atomic mass is 9.83. The second kappa shape index (κ2) is 35.4. The molecule has 1 heterocycles. The van der Waals surface area contributed by atoms with Gasteiger partial charge in [0.15, 0.2) is 0 Å². The van der Waals surface area contributed by atoms with Crippen LogP contribution in [0.3, 0.4) is 0 Å². The van der Waals surface area contributed by atoms with Crippen LogP contribution in [0.4, 0.5) is 18.4 Å². The molecule has 0 radical (unpaired) electrons. The molecule has 0 saturated carbocycles. The Labute approximate surface area is 473 Å². The number of alkyl carbamates (subject to hydrolysis) is 2. The Hall–Kier alpha value is -6.37.